The average molecular weight is 489 g/mol. The van der Waals surface area contributed by atoms with E-state index in [1.54, 1.807) is 6.92 Å². The summed E-state index contributed by atoms with van der Waals surface area (Å²) in [5.41, 5.74) is 0.775. The van der Waals surface area contributed by atoms with E-state index in [4.69, 9.17) is 34.8 Å². The lowest BCUT2D eigenvalue weighted by molar-refractivity contribution is 0.102. The molecule has 3 rings (SSSR count). The van der Waals surface area contributed by atoms with Crippen LogP contribution in [0.2, 0.25) is 15.3 Å². The number of anilines is 2. The van der Waals surface area contributed by atoms with Crippen LogP contribution >= 0.6 is 34.8 Å². The van der Waals surface area contributed by atoms with Gasteiger partial charge in [0, 0.05) is 16.4 Å². The first kappa shape index (κ1) is 22.3. The molecule has 0 bridgehead atoms. The molecule has 6 nitrogen and oxygen atoms in total. The molecule has 1 amide bonds. The first-order valence-corrected chi connectivity index (χ1v) is 10.9. The Bertz CT molecular complexity index is 1210. The molecule has 0 radical (unpaired) electrons. The van der Waals surface area contributed by atoms with Gasteiger partial charge in [0.15, 0.2) is 0 Å². The Morgan fingerprint density at radius 3 is 2.27 bits per heavy atom. The van der Waals surface area contributed by atoms with E-state index in [0.717, 1.165) is 12.1 Å². The van der Waals surface area contributed by atoms with Crippen LogP contribution in [0.15, 0.2) is 53.4 Å². The lowest BCUT2D eigenvalue weighted by Gasteiger charge is -2.12. The maximum Gasteiger partial charge on any atom is 0.264 e. The fourth-order valence-electron chi connectivity index (χ4n) is 2.58. The van der Waals surface area contributed by atoms with Crippen molar-refractivity contribution < 1.29 is 17.6 Å². The second-order valence-corrected chi connectivity index (χ2v) is 8.97. The lowest BCUT2D eigenvalue weighted by atomic mass is 10.1. The van der Waals surface area contributed by atoms with E-state index in [9.17, 15) is 17.6 Å². The van der Waals surface area contributed by atoms with E-state index in [1.165, 1.54) is 36.4 Å². The first-order chi connectivity index (χ1) is 14.1. The molecule has 0 aliphatic heterocycles. The van der Waals surface area contributed by atoms with Gasteiger partial charge >= 0.3 is 0 Å². The number of amides is 1. The smallest absolute Gasteiger partial charge is 0.264 e. The van der Waals surface area contributed by atoms with Crippen molar-refractivity contribution >= 4 is 62.1 Å². The SMILES string of the molecule is Cc1cc(Cl)nc(Cl)c1C(=O)Nc1ccc(F)c(S(=O)(=O)Nc2ccc(Cl)cc2)c1. The molecule has 3 aromatic rings. The number of aromatic nitrogens is 1. The van der Waals surface area contributed by atoms with Gasteiger partial charge in [-0.15, -0.1) is 0 Å². The molecule has 2 aromatic carbocycles. The molecular weight excluding hydrogens is 476 g/mol. The predicted molar refractivity (Wildman–Crippen MR) is 116 cm³/mol. The second kappa shape index (κ2) is 8.77. The normalized spacial score (nSPS) is 11.2. The van der Waals surface area contributed by atoms with Crippen molar-refractivity contribution in [1.29, 1.82) is 0 Å². The molecule has 0 spiro atoms. The van der Waals surface area contributed by atoms with Crippen LogP contribution in [0.5, 0.6) is 0 Å². The van der Waals surface area contributed by atoms with E-state index in [2.05, 4.69) is 15.0 Å². The van der Waals surface area contributed by atoms with E-state index in [1.807, 2.05) is 0 Å². The first-order valence-electron chi connectivity index (χ1n) is 8.29. The quantitative estimate of drug-likeness (QED) is 0.461. The van der Waals surface area contributed by atoms with Gasteiger partial charge in [0.1, 0.15) is 21.0 Å². The van der Waals surface area contributed by atoms with Gasteiger partial charge in [-0.05, 0) is 61.0 Å². The number of pyridine rings is 1. The summed E-state index contributed by atoms with van der Waals surface area (Å²) >= 11 is 17.6. The number of nitrogens with zero attached hydrogens (tertiary/aromatic N) is 1. The zero-order valence-corrected chi connectivity index (χ0v) is 18.3. The zero-order valence-electron chi connectivity index (χ0n) is 15.2. The van der Waals surface area contributed by atoms with Crippen molar-refractivity contribution in [1.82, 2.24) is 4.98 Å². The van der Waals surface area contributed by atoms with Gasteiger partial charge in [-0.25, -0.2) is 17.8 Å². The van der Waals surface area contributed by atoms with Crippen LogP contribution in [0, 0.1) is 12.7 Å². The highest BCUT2D eigenvalue weighted by Crippen LogP contribution is 2.26. The topological polar surface area (TPSA) is 88.2 Å². The molecule has 1 heterocycles. The summed E-state index contributed by atoms with van der Waals surface area (Å²) in [5.74, 6) is -1.64. The monoisotopic (exact) mass is 487 g/mol. The molecule has 30 heavy (non-hydrogen) atoms. The summed E-state index contributed by atoms with van der Waals surface area (Å²) in [6.45, 7) is 1.62. The molecule has 0 aliphatic carbocycles. The Balaban J connectivity index is 1.90. The molecule has 1 aromatic heterocycles. The molecule has 0 atom stereocenters. The van der Waals surface area contributed by atoms with Crippen LogP contribution in [0.25, 0.3) is 0 Å². The van der Waals surface area contributed by atoms with Gasteiger partial charge in [0.05, 0.1) is 5.56 Å². The van der Waals surface area contributed by atoms with E-state index in [0.29, 0.717) is 10.6 Å². The number of aryl methyl sites for hydroxylation is 1. The number of halogens is 4. The van der Waals surface area contributed by atoms with Crippen molar-refractivity contribution in [2.24, 2.45) is 0 Å². The lowest BCUT2D eigenvalue weighted by Crippen LogP contribution is -2.17. The maximum atomic E-state index is 14.3. The van der Waals surface area contributed by atoms with Gasteiger partial charge in [-0.2, -0.15) is 0 Å². The zero-order chi connectivity index (χ0) is 22.1. The molecule has 11 heteroatoms. The Morgan fingerprint density at radius 2 is 1.63 bits per heavy atom. The Morgan fingerprint density at radius 1 is 1.00 bits per heavy atom. The van der Waals surface area contributed by atoms with Crippen molar-refractivity contribution in [2.75, 3.05) is 10.0 Å². The van der Waals surface area contributed by atoms with Crippen LogP contribution in [-0.4, -0.2) is 19.3 Å². The van der Waals surface area contributed by atoms with Gasteiger partial charge in [0.2, 0.25) is 0 Å². The number of carbonyl (C=O) groups excluding carboxylic acids is 1. The molecular formula is C19H13Cl3FN3O3S. The highest BCUT2D eigenvalue weighted by atomic mass is 35.5. The summed E-state index contributed by atoms with van der Waals surface area (Å²) in [6.07, 6.45) is 0. The molecule has 0 fully saturated rings. The van der Waals surface area contributed by atoms with E-state index >= 15 is 0 Å². The number of hydrogen-bond donors (Lipinski definition) is 2. The maximum absolute atomic E-state index is 14.3. The van der Waals surface area contributed by atoms with E-state index in [-0.39, 0.29) is 27.2 Å². The van der Waals surface area contributed by atoms with Crippen molar-refractivity contribution in [2.45, 2.75) is 11.8 Å². The molecule has 0 saturated heterocycles. The average Bonchev–Trinajstić information content (AvgIpc) is 2.64. The minimum Gasteiger partial charge on any atom is -0.322 e. The second-order valence-electron chi connectivity index (χ2n) is 6.14. The summed E-state index contributed by atoms with van der Waals surface area (Å²) in [4.78, 5) is 15.8. The van der Waals surface area contributed by atoms with Gasteiger partial charge in [-0.3, -0.25) is 9.52 Å². The van der Waals surface area contributed by atoms with Crippen molar-refractivity contribution in [3.05, 3.63) is 80.8 Å². The number of benzene rings is 2. The summed E-state index contributed by atoms with van der Waals surface area (Å²) in [5, 5.41) is 2.91. The number of hydrogen-bond acceptors (Lipinski definition) is 4. The number of carbonyl (C=O) groups is 1. The van der Waals surface area contributed by atoms with Gasteiger partial charge in [0.25, 0.3) is 15.9 Å². The third kappa shape index (κ3) is 5.02. The van der Waals surface area contributed by atoms with Crippen LogP contribution in [0.1, 0.15) is 15.9 Å². The fourth-order valence-corrected chi connectivity index (χ4v) is 4.48. The highest BCUT2D eigenvalue weighted by Gasteiger charge is 2.22. The predicted octanol–water partition coefficient (Wildman–Crippen LogP) is 5.54. The van der Waals surface area contributed by atoms with Crippen LogP contribution in [0.4, 0.5) is 15.8 Å². The van der Waals surface area contributed by atoms with Crippen molar-refractivity contribution in [3.63, 3.8) is 0 Å². The number of sulfonamides is 1. The third-order valence-corrected chi connectivity index (χ3v) is 6.06. The van der Waals surface area contributed by atoms with E-state index < -0.39 is 26.6 Å². The Labute approximate surface area is 187 Å². The fraction of sp³-hybridized carbons (Fsp3) is 0.0526. The number of rotatable bonds is 5. The van der Waals surface area contributed by atoms with Crippen LogP contribution in [-0.2, 0) is 10.0 Å². The minimum atomic E-state index is -4.28. The molecule has 156 valence electrons. The molecule has 0 aliphatic rings. The molecule has 0 unspecified atom stereocenters. The van der Waals surface area contributed by atoms with Crippen LogP contribution in [0.3, 0.4) is 0 Å². The number of nitrogens with one attached hydrogen (secondary N) is 2. The highest BCUT2D eigenvalue weighted by molar-refractivity contribution is 7.92. The standard InChI is InChI=1S/C19H13Cl3FN3O3S/c1-10-8-16(21)25-18(22)17(10)19(27)24-13-6-7-14(23)15(9-13)30(28,29)26-12-4-2-11(20)3-5-12/h2-9,26H,1H3,(H,24,27). The van der Waals surface area contributed by atoms with Crippen LogP contribution < -0.4 is 10.0 Å². The van der Waals surface area contributed by atoms with Gasteiger partial charge < -0.3 is 5.32 Å². The molecule has 2 N–H and O–H groups in total. The largest absolute Gasteiger partial charge is 0.322 e. The Kier molecular flexibility index (Phi) is 6.52. The third-order valence-electron chi connectivity index (χ3n) is 3.94. The Hall–Kier alpha value is -2.39. The molecule has 0 saturated carbocycles. The summed E-state index contributed by atoms with van der Waals surface area (Å²) in [6, 6.07) is 10.4. The summed E-state index contributed by atoms with van der Waals surface area (Å²) in [7, 11) is -4.28. The van der Waals surface area contributed by atoms with Crippen molar-refractivity contribution in [3.8, 4) is 0 Å². The minimum absolute atomic E-state index is 0.0447. The van der Waals surface area contributed by atoms with Gasteiger partial charge in [-0.1, -0.05) is 34.8 Å². The summed E-state index contributed by atoms with van der Waals surface area (Å²) < 4.78 is 41.8.